The molecule has 118 valence electrons. The number of rotatable bonds is 6. The summed E-state index contributed by atoms with van der Waals surface area (Å²) >= 11 is 0. The van der Waals surface area contributed by atoms with Crippen molar-refractivity contribution in [3.63, 3.8) is 0 Å². The molecule has 0 amide bonds. The van der Waals surface area contributed by atoms with Gasteiger partial charge < -0.3 is 10.0 Å². The Hall–Kier alpha value is -1.60. The number of carbonyl (C=O) groups is 1. The third kappa shape index (κ3) is 3.54. The summed E-state index contributed by atoms with van der Waals surface area (Å²) in [5.41, 5.74) is 1.74. The first-order valence-electron chi connectivity index (χ1n) is 6.65. The Morgan fingerprint density at radius 2 is 1.90 bits per heavy atom. The minimum absolute atomic E-state index is 0.0982. The van der Waals surface area contributed by atoms with E-state index in [1.807, 2.05) is 25.9 Å². The van der Waals surface area contributed by atoms with Gasteiger partial charge in [0, 0.05) is 26.3 Å². The van der Waals surface area contributed by atoms with Crippen LogP contribution < -0.4 is 4.90 Å². The van der Waals surface area contributed by atoms with Crippen LogP contribution in [0.2, 0.25) is 0 Å². The zero-order valence-electron chi connectivity index (χ0n) is 13.0. The minimum Gasteiger partial charge on any atom is -0.480 e. The number of hydrogen-bond acceptors (Lipinski definition) is 4. The third-order valence-corrected chi connectivity index (χ3v) is 5.41. The number of carboxylic acid groups (broad SMARTS) is 1. The van der Waals surface area contributed by atoms with Gasteiger partial charge in [0.15, 0.2) is 0 Å². The molecule has 1 aromatic rings. The van der Waals surface area contributed by atoms with Crippen molar-refractivity contribution in [1.29, 1.82) is 0 Å². The molecule has 7 heteroatoms. The molecule has 1 N–H and O–H groups in total. The van der Waals surface area contributed by atoms with Crippen LogP contribution in [-0.4, -0.2) is 50.5 Å². The molecule has 0 bridgehead atoms. The Balaban J connectivity index is 3.36. The predicted octanol–water partition coefficient (Wildman–Crippen LogP) is 1.54. The van der Waals surface area contributed by atoms with Gasteiger partial charge in [-0.3, -0.25) is 4.79 Å². The van der Waals surface area contributed by atoms with Crippen molar-refractivity contribution in [3.05, 3.63) is 23.8 Å². The van der Waals surface area contributed by atoms with Crippen molar-refractivity contribution < 1.29 is 18.3 Å². The number of benzene rings is 1. The lowest BCUT2D eigenvalue weighted by Crippen LogP contribution is -2.43. The van der Waals surface area contributed by atoms with Gasteiger partial charge >= 0.3 is 5.97 Å². The van der Waals surface area contributed by atoms with Gasteiger partial charge in [-0.05, 0) is 31.5 Å². The quantitative estimate of drug-likeness (QED) is 0.862. The molecular formula is C14H22N2O4S. The van der Waals surface area contributed by atoms with Crippen LogP contribution in [0.25, 0.3) is 0 Å². The SMILES string of the molecule is CCN(C(C)C(=O)O)S(=O)(=O)c1ccc(C)c(N(C)C)c1. The van der Waals surface area contributed by atoms with Gasteiger partial charge in [-0.15, -0.1) is 0 Å². The highest BCUT2D eigenvalue weighted by Crippen LogP contribution is 2.25. The maximum Gasteiger partial charge on any atom is 0.321 e. The maximum absolute atomic E-state index is 12.6. The van der Waals surface area contributed by atoms with Crippen LogP contribution in [-0.2, 0) is 14.8 Å². The van der Waals surface area contributed by atoms with Crippen molar-refractivity contribution in [2.75, 3.05) is 25.5 Å². The van der Waals surface area contributed by atoms with Crippen molar-refractivity contribution in [1.82, 2.24) is 4.31 Å². The first kappa shape index (κ1) is 17.5. The summed E-state index contributed by atoms with van der Waals surface area (Å²) in [4.78, 5) is 13.0. The van der Waals surface area contributed by atoms with Gasteiger partial charge in [0.2, 0.25) is 10.0 Å². The smallest absolute Gasteiger partial charge is 0.321 e. The number of nitrogens with zero attached hydrogens (tertiary/aromatic N) is 2. The molecule has 0 saturated heterocycles. The Morgan fingerprint density at radius 3 is 2.33 bits per heavy atom. The fourth-order valence-corrected chi connectivity index (χ4v) is 3.76. The minimum atomic E-state index is -3.84. The van der Waals surface area contributed by atoms with E-state index in [0.717, 1.165) is 15.6 Å². The molecular weight excluding hydrogens is 292 g/mol. The summed E-state index contributed by atoms with van der Waals surface area (Å²) < 4.78 is 26.3. The lowest BCUT2D eigenvalue weighted by molar-refractivity contribution is -0.140. The Kier molecular flexibility index (Phi) is 5.36. The van der Waals surface area contributed by atoms with Crippen LogP contribution in [0, 0.1) is 6.92 Å². The molecule has 0 heterocycles. The van der Waals surface area contributed by atoms with Crippen LogP contribution in [0.4, 0.5) is 5.69 Å². The highest BCUT2D eigenvalue weighted by Gasteiger charge is 2.31. The summed E-state index contributed by atoms with van der Waals surface area (Å²) in [5, 5.41) is 9.07. The van der Waals surface area contributed by atoms with Crippen LogP contribution in [0.1, 0.15) is 19.4 Å². The van der Waals surface area contributed by atoms with Crippen LogP contribution in [0.3, 0.4) is 0 Å². The number of aliphatic carboxylic acids is 1. The van der Waals surface area contributed by atoms with Crippen LogP contribution >= 0.6 is 0 Å². The van der Waals surface area contributed by atoms with E-state index in [0.29, 0.717) is 0 Å². The standard InChI is InChI=1S/C14H22N2O4S/c1-6-16(11(3)14(17)18)21(19,20)12-8-7-10(2)13(9-12)15(4)5/h7-9,11H,6H2,1-5H3,(H,17,18). The average molecular weight is 314 g/mol. The van der Waals surface area contributed by atoms with Crippen LogP contribution in [0.5, 0.6) is 0 Å². The first-order chi connectivity index (χ1) is 9.62. The van der Waals surface area contributed by atoms with E-state index in [-0.39, 0.29) is 11.4 Å². The molecule has 6 nitrogen and oxygen atoms in total. The van der Waals surface area contributed by atoms with Gasteiger partial charge in [-0.2, -0.15) is 4.31 Å². The third-order valence-electron chi connectivity index (χ3n) is 3.37. The Morgan fingerprint density at radius 1 is 1.33 bits per heavy atom. The van der Waals surface area contributed by atoms with E-state index in [2.05, 4.69) is 0 Å². The number of aryl methyl sites for hydroxylation is 1. The number of anilines is 1. The molecule has 21 heavy (non-hydrogen) atoms. The predicted molar refractivity (Wildman–Crippen MR) is 82.2 cm³/mol. The van der Waals surface area contributed by atoms with E-state index in [9.17, 15) is 13.2 Å². The molecule has 0 radical (unpaired) electrons. The second kappa shape index (κ2) is 6.44. The molecule has 0 aliphatic heterocycles. The van der Waals surface area contributed by atoms with Crippen molar-refractivity contribution in [2.45, 2.75) is 31.7 Å². The van der Waals surface area contributed by atoms with E-state index in [4.69, 9.17) is 5.11 Å². The molecule has 1 rings (SSSR count). The Bertz CT molecular complexity index is 626. The van der Waals surface area contributed by atoms with Crippen LogP contribution in [0.15, 0.2) is 23.1 Å². The molecule has 0 aliphatic carbocycles. The maximum atomic E-state index is 12.6. The van der Waals surface area contributed by atoms with Crippen molar-refractivity contribution >= 4 is 21.7 Å². The number of carboxylic acids is 1. The first-order valence-corrected chi connectivity index (χ1v) is 8.09. The lowest BCUT2D eigenvalue weighted by Gasteiger charge is -2.25. The fraction of sp³-hybridized carbons (Fsp3) is 0.500. The topological polar surface area (TPSA) is 77.9 Å². The van der Waals surface area contributed by atoms with Gasteiger partial charge in [0.25, 0.3) is 0 Å². The van der Waals surface area contributed by atoms with E-state index in [1.165, 1.54) is 13.0 Å². The number of sulfonamides is 1. The highest BCUT2D eigenvalue weighted by molar-refractivity contribution is 7.89. The second-order valence-corrected chi connectivity index (χ2v) is 6.96. The zero-order chi connectivity index (χ0) is 16.4. The monoisotopic (exact) mass is 314 g/mol. The van der Waals surface area contributed by atoms with Gasteiger partial charge in [0.05, 0.1) is 4.90 Å². The van der Waals surface area contributed by atoms with E-state index >= 15 is 0 Å². The average Bonchev–Trinajstić information content (AvgIpc) is 2.38. The molecule has 1 unspecified atom stereocenters. The summed E-state index contributed by atoms with van der Waals surface area (Å²) in [7, 11) is -0.183. The van der Waals surface area contributed by atoms with E-state index in [1.54, 1.807) is 19.1 Å². The summed E-state index contributed by atoms with van der Waals surface area (Å²) in [6.45, 7) is 4.98. The van der Waals surface area contributed by atoms with Crippen molar-refractivity contribution in [2.24, 2.45) is 0 Å². The summed E-state index contributed by atoms with van der Waals surface area (Å²) in [6.07, 6.45) is 0. The lowest BCUT2D eigenvalue weighted by atomic mass is 10.2. The fourth-order valence-electron chi connectivity index (χ4n) is 2.14. The summed E-state index contributed by atoms with van der Waals surface area (Å²) in [6, 6.07) is 3.70. The highest BCUT2D eigenvalue weighted by atomic mass is 32.2. The molecule has 0 aromatic heterocycles. The molecule has 0 saturated carbocycles. The summed E-state index contributed by atoms with van der Waals surface area (Å²) in [5.74, 6) is -1.17. The van der Waals surface area contributed by atoms with Gasteiger partial charge in [-0.1, -0.05) is 13.0 Å². The van der Waals surface area contributed by atoms with Gasteiger partial charge in [-0.25, -0.2) is 8.42 Å². The normalized spacial score (nSPS) is 13.2. The second-order valence-electron chi connectivity index (χ2n) is 5.07. The molecule has 0 spiro atoms. The zero-order valence-corrected chi connectivity index (χ0v) is 13.8. The molecule has 0 aliphatic rings. The Labute approximate surface area is 126 Å². The number of likely N-dealkylation sites (N-methyl/N-ethyl adjacent to an activating group) is 1. The number of hydrogen-bond donors (Lipinski definition) is 1. The largest absolute Gasteiger partial charge is 0.480 e. The van der Waals surface area contributed by atoms with Gasteiger partial charge in [0.1, 0.15) is 6.04 Å². The molecule has 0 fully saturated rings. The molecule has 1 aromatic carbocycles. The van der Waals surface area contributed by atoms with Crippen molar-refractivity contribution in [3.8, 4) is 0 Å². The van der Waals surface area contributed by atoms with E-state index < -0.39 is 22.0 Å². The molecule has 1 atom stereocenters.